The van der Waals surface area contributed by atoms with Crippen molar-refractivity contribution in [3.8, 4) is 0 Å². The fourth-order valence-corrected chi connectivity index (χ4v) is 0.609. The molecule has 0 saturated heterocycles. The first kappa shape index (κ1) is 10.6. The monoisotopic (exact) mass is 169 g/mol. The number of esters is 1. The Hall–Kier alpha value is -1.41. The summed E-state index contributed by atoms with van der Waals surface area (Å²) < 4.78 is 4.38. The molecule has 0 radical (unpaired) electrons. The van der Waals surface area contributed by atoms with E-state index < -0.39 is 5.97 Å². The van der Waals surface area contributed by atoms with E-state index in [2.05, 4.69) is 9.73 Å². The molecule has 0 unspecified atom stereocenters. The van der Waals surface area contributed by atoms with Crippen molar-refractivity contribution < 1.29 is 14.3 Å². The van der Waals surface area contributed by atoms with Crippen LogP contribution in [0.4, 0.5) is 0 Å². The summed E-state index contributed by atoms with van der Waals surface area (Å²) in [6, 6.07) is 0. The molecule has 0 bridgehead atoms. The third-order valence-electron chi connectivity index (χ3n) is 1.19. The number of aliphatic imine (C=N–C) groups is 1. The number of methoxy groups -OCH3 is 1. The van der Waals surface area contributed by atoms with Crippen molar-refractivity contribution in [2.24, 2.45) is 4.99 Å². The maximum absolute atomic E-state index is 10.8. The number of nitrogens with zero attached hydrogens (tertiary/aromatic N) is 1. The predicted octanol–water partition coefficient (Wildman–Crippen LogP) is 1.18. The Balaban J connectivity index is 4.42. The fraction of sp³-hybridized carbons (Fsp3) is 0.500. The first-order chi connectivity index (χ1) is 5.76. The number of unbranched alkanes of at least 4 members (excludes halogenated alkanes) is 1. The Labute approximate surface area is 70.9 Å². The standard InChI is InChI=1S/C8H11NO3/c1-3-4-5-7(9-6-10)8(11)12-2/h5H,3-4H2,1-2H3. The minimum absolute atomic E-state index is 0.0225. The maximum atomic E-state index is 10.8. The van der Waals surface area contributed by atoms with Gasteiger partial charge in [0.15, 0.2) is 5.70 Å². The van der Waals surface area contributed by atoms with E-state index in [0.717, 1.165) is 6.42 Å². The largest absolute Gasteiger partial charge is 0.464 e. The highest BCUT2D eigenvalue weighted by Crippen LogP contribution is 2.01. The molecule has 0 saturated carbocycles. The van der Waals surface area contributed by atoms with Gasteiger partial charge in [-0.3, -0.25) is 0 Å². The van der Waals surface area contributed by atoms with E-state index in [9.17, 15) is 9.59 Å². The van der Waals surface area contributed by atoms with Crippen LogP contribution < -0.4 is 0 Å². The summed E-state index contributed by atoms with van der Waals surface area (Å²) in [5, 5.41) is 0. The normalized spacial score (nSPS) is 10.3. The number of hydrogen-bond acceptors (Lipinski definition) is 4. The quantitative estimate of drug-likeness (QED) is 0.275. The summed E-state index contributed by atoms with van der Waals surface area (Å²) in [5.41, 5.74) is 0.0225. The van der Waals surface area contributed by atoms with E-state index in [1.54, 1.807) is 6.08 Å². The molecule has 0 aliphatic carbocycles. The summed E-state index contributed by atoms with van der Waals surface area (Å²) in [7, 11) is 1.24. The van der Waals surface area contributed by atoms with Crippen LogP contribution in [0.1, 0.15) is 19.8 Å². The lowest BCUT2D eigenvalue weighted by Gasteiger charge is -1.95. The lowest BCUT2D eigenvalue weighted by Crippen LogP contribution is -2.02. The van der Waals surface area contributed by atoms with Crippen molar-refractivity contribution in [3.05, 3.63) is 11.8 Å². The molecule has 0 rings (SSSR count). The molecule has 4 nitrogen and oxygen atoms in total. The molecule has 12 heavy (non-hydrogen) atoms. The summed E-state index contributed by atoms with van der Waals surface area (Å²) >= 11 is 0. The molecule has 0 aromatic rings. The zero-order chi connectivity index (χ0) is 9.40. The highest BCUT2D eigenvalue weighted by molar-refractivity contribution is 5.88. The summed E-state index contributed by atoms with van der Waals surface area (Å²) in [5.74, 6) is -0.605. The molecule has 0 aliphatic rings. The summed E-state index contributed by atoms with van der Waals surface area (Å²) in [6.45, 7) is 1.95. The van der Waals surface area contributed by atoms with Gasteiger partial charge in [-0.25, -0.2) is 9.59 Å². The van der Waals surface area contributed by atoms with Crippen LogP contribution in [-0.4, -0.2) is 19.2 Å². The van der Waals surface area contributed by atoms with Gasteiger partial charge in [0.2, 0.25) is 6.08 Å². The second kappa shape index (κ2) is 6.31. The number of rotatable bonds is 4. The number of carbonyl (C=O) groups excluding carboxylic acids is 2. The predicted molar refractivity (Wildman–Crippen MR) is 43.1 cm³/mol. The zero-order valence-corrected chi connectivity index (χ0v) is 7.16. The summed E-state index contributed by atoms with van der Waals surface area (Å²) in [6.07, 6.45) is 4.42. The number of carbonyl (C=O) groups is 1. The number of ether oxygens (including phenoxy) is 1. The van der Waals surface area contributed by atoms with Gasteiger partial charge in [-0.2, -0.15) is 4.99 Å². The Morgan fingerprint density at radius 3 is 2.75 bits per heavy atom. The average Bonchev–Trinajstić information content (AvgIpc) is 2.11. The SMILES string of the molecule is CCCC=C(N=C=O)C(=O)OC. The molecule has 0 N–H and O–H groups in total. The van der Waals surface area contributed by atoms with Gasteiger partial charge in [-0.1, -0.05) is 19.4 Å². The van der Waals surface area contributed by atoms with Crippen LogP contribution in [-0.2, 0) is 14.3 Å². The third kappa shape index (κ3) is 3.68. The molecule has 0 amide bonds. The second-order valence-corrected chi connectivity index (χ2v) is 2.07. The third-order valence-corrected chi connectivity index (χ3v) is 1.19. The number of isocyanates is 1. The second-order valence-electron chi connectivity index (χ2n) is 2.07. The molecule has 4 heteroatoms. The van der Waals surface area contributed by atoms with Crippen LogP contribution in [0, 0.1) is 0 Å². The molecule has 0 spiro atoms. The average molecular weight is 169 g/mol. The lowest BCUT2D eigenvalue weighted by molar-refractivity contribution is -0.136. The van der Waals surface area contributed by atoms with Crippen LogP contribution in [0.2, 0.25) is 0 Å². The van der Waals surface area contributed by atoms with E-state index in [1.807, 2.05) is 6.92 Å². The van der Waals surface area contributed by atoms with Gasteiger partial charge in [-0.05, 0) is 6.42 Å². The highest BCUT2D eigenvalue weighted by atomic mass is 16.5. The van der Waals surface area contributed by atoms with Gasteiger partial charge in [0.05, 0.1) is 7.11 Å². The van der Waals surface area contributed by atoms with Crippen LogP contribution in [0.25, 0.3) is 0 Å². The first-order valence-corrected chi connectivity index (χ1v) is 3.62. The molecule has 66 valence electrons. The van der Waals surface area contributed by atoms with Gasteiger partial charge >= 0.3 is 5.97 Å². The number of hydrogen-bond donors (Lipinski definition) is 0. The topological polar surface area (TPSA) is 55.7 Å². The van der Waals surface area contributed by atoms with E-state index in [1.165, 1.54) is 13.2 Å². The summed E-state index contributed by atoms with van der Waals surface area (Å²) in [4.78, 5) is 23.9. The Bertz CT molecular complexity index is 226. The smallest absolute Gasteiger partial charge is 0.357 e. The van der Waals surface area contributed by atoms with E-state index in [-0.39, 0.29) is 5.70 Å². The van der Waals surface area contributed by atoms with Crippen molar-refractivity contribution in [1.82, 2.24) is 0 Å². The molecule has 0 heterocycles. The van der Waals surface area contributed by atoms with Crippen LogP contribution in [0.5, 0.6) is 0 Å². The molecular weight excluding hydrogens is 158 g/mol. The molecule has 0 aromatic heterocycles. The highest BCUT2D eigenvalue weighted by Gasteiger charge is 2.06. The van der Waals surface area contributed by atoms with E-state index in [4.69, 9.17) is 0 Å². The van der Waals surface area contributed by atoms with Crippen molar-refractivity contribution in [1.29, 1.82) is 0 Å². The first-order valence-electron chi connectivity index (χ1n) is 3.62. The molecular formula is C8H11NO3. The Kier molecular flexibility index (Phi) is 5.57. The minimum atomic E-state index is -0.605. The zero-order valence-electron chi connectivity index (χ0n) is 7.16. The van der Waals surface area contributed by atoms with Crippen molar-refractivity contribution in [2.75, 3.05) is 7.11 Å². The Morgan fingerprint density at radius 1 is 1.67 bits per heavy atom. The van der Waals surface area contributed by atoms with Crippen LogP contribution in [0.3, 0.4) is 0 Å². The molecule has 0 aromatic carbocycles. The lowest BCUT2D eigenvalue weighted by atomic mass is 10.3. The van der Waals surface area contributed by atoms with Crippen molar-refractivity contribution >= 4 is 12.0 Å². The molecule has 0 atom stereocenters. The van der Waals surface area contributed by atoms with Crippen molar-refractivity contribution in [3.63, 3.8) is 0 Å². The molecule has 0 aliphatic heterocycles. The van der Waals surface area contributed by atoms with Crippen LogP contribution >= 0.6 is 0 Å². The maximum Gasteiger partial charge on any atom is 0.357 e. The van der Waals surface area contributed by atoms with Gasteiger partial charge in [0, 0.05) is 0 Å². The van der Waals surface area contributed by atoms with Gasteiger partial charge in [-0.15, -0.1) is 0 Å². The minimum Gasteiger partial charge on any atom is -0.464 e. The van der Waals surface area contributed by atoms with Gasteiger partial charge < -0.3 is 4.74 Å². The Morgan fingerprint density at radius 2 is 2.33 bits per heavy atom. The fourth-order valence-electron chi connectivity index (χ4n) is 0.609. The molecule has 0 fully saturated rings. The van der Waals surface area contributed by atoms with Crippen LogP contribution in [0.15, 0.2) is 16.8 Å². The van der Waals surface area contributed by atoms with E-state index in [0.29, 0.717) is 6.42 Å². The van der Waals surface area contributed by atoms with Crippen molar-refractivity contribution in [2.45, 2.75) is 19.8 Å². The van der Waals surface area contributed by atoms with E-state index >= 15 is 0 Å². The van der Waals surface area contributed by atoms with Gasteiger partial charge in [0.25, 0.3) is 0 Å². The van der Waals surface area contributed by atoms with Gasteiger partial charge in [0.1, 0.15) is 0 Å². The number of allylic oxidation sites excluding steroid dienone is 1.